The van der Waals surface area contributed by atoms with Crippen molar-refractivity contribution in [3.05, 3.63) is 35.6 Å². The molecule has 0 amide bonds. The van der Waals surface area contributed by atoms with E-state index in [-0.39, 0.29) is 11.6 Å². The van der Waals surface area contributed by atoms with Crippen LogP contribution in [-0.2, 0) is 0 Å². The number of halogens is 1. The van der Waals surface area contributed by atoms with E-state index in [2.05, 4.69) is 6.92 Å². The average Bonchev–Trinajstić information content (AvgIpc) is 2.49. The van der Waals surface area contributed by atoms with Crippen molar-refractivity contribution < 1.29 is 9.18 Å². The molecule has 0 heterocycles. The van der Waals surface area contributed by atoms with Gasteiger partial charge in [-0.1, -0.05) is 76.8 Å². The van der Waals surface area contributed by atoms with Crippen LogP contribution in [0.3, 0.4) is 0 Å². The lowest BCUT2D eigenvalue weighted by molar-refractivity contribution is 0.0978. The standard InChI is InChI=1S/C19H29FO/c1-2-3-4-5-6-7-8-9-10-11-15-19(21)17-13-12-14-18(20)16-17/h12-14,16H,2-11,15H2,1H3. The first-order valence-electron chi connectivity index (χ1n) is 8.53. The molecule has 1 aromatic rings. The van der Waals surface area contributed by atoms with Crippen molar-refractivity contribution in [2.75, 3.05) is 0 Å². The Bertz CT molecular complexity index is 400. The summed E-state index contributed by atoms with van der Waals surface area (Å²) in [4.78, 5) is 11.9. The summed E-state index contributed by atoms with van der Waals surface area (Å²) in [6, 6.07) is 6.00. The van der Waals surface area contributed by atoms with Gasteiger partial charge in [-0.2, -0.15) is 0 Å². The molecule has 118 valence electrons. The Morgan fingerprint density at radius 1 is 0.905 bits per heavy atom. The van der Waals surface area contributed by atoms with Crippen molar-refractivity contribution >= 4 is 5.78 Å². The second-order valence-electron chi connectivity index (χ2n) is 5.87. The molecule has 1 rings (SSSR count). The monoisotopic (exact) mass is 292 g/mol. The van der Waals surface area contributed by atoms with Crippen LogP contribution in [-0.4, -0.2) is 5.78 Å². The van der Waals surface area contributed by atoms with Gasteiger partial charge in [0.1, 0.15) is 5.82 Å². The molecule has 0 fully saturated rings. The summed E-state index contributed by atoms with van der Waals surface area (Å²) in [7, 11) is 0. The minimum atomic E-state index is -0.330. The van der Waals surface area contributed by atoms with Crippen molar-refractivity contribution in [2.45, 2.75) is 77.6 Å². The summed E-state index contributed by atoms with van der Waals surface area (Å²) < 4.78 is 13.0. The van der Waals surface area contributed by atoms with E-state index in [0.717, 1.165) is 12.8 Å². The predicted octanol–water partition coefficient (Wildman–Crippen LogP) is 6.32. The highest BCUT2D eigenvalue weighted by Crippen LogP contribution is 2.13. The lowest BCUT2D eigenvalue weighted by Crippen LogP contribution is -1.99. The van der Waals surface area contributed by atoms with Crippen LogP contribution in [0.2, 0.25) is 0 Å². The Hall–Kier alpha value is -1.18. The molecule has 0 bridgehead atoms. The number of rotatable bonds is 12. The number of ketones is 1. The van der Waals surface area contributed by atoms with Gasteiger partial charge < -0.3 is 0 Å². The van der Waals surface area contributed by atoms with Crippen molar-refractivity contribution in [2.24, 2.45) is 0 Å². The summed E-state index contributed by atoms with van der Waals surface area (Å²) in [5.74, 6) is -0.266. The number of benzene rings is 1. The maximum absolute atomic E-state index is 13.0. The van der Waals surface area contributed by atoms with Crippen LogP contribution < -0.4 is 0 Å². The Morgan fingerprint density at radius 2 is 1.48 bits per heavy atom. The number of Topliss-reactive ketones (excluding diaryl/α,β-unsaturated/α-hetero) is 1. The second kappa shape index (κ2) is 11.5. The molecule has 0 aliphatic heterocycles. The van der Waals surface area contributed by atoms with Gasteiger partial charge in [-0.15, -0.1) is 0 Å². The lowest BCUT2D eigenvalue weighted by Gasteiger charge is -2.03. The zero-order chi connectivity index (χ0) is 15.3. The largest absolute Gasteiger partial charge is 0.294 e. The number of unbranched alkanes of at least 4 members (excludes halogenated alkanes) is 9. The third-order valence-corrected chi connectivity index (χ3v) is 3.90. The fourth-order valence-electron chi connectivity index (χ4n) is 2.58. The summed E-state index contributed by atoms with van der Waals surface area (Å²) >= 11 is 0. The van der Waals surface area contributed by atoms with E-state index >= 15 is 0 Å². The van der Waals surface area contributed by atoms with E-state index in [1.165, 1.54) is 63.5 Å². The van der Waals surface area contributed by atoms with Gasteiger partial charge in [-0.25, -0.2) is 4.39 Å². The molecule has 1 aromatic carbocycles. The van der Waals surface area contributed by atoms with Gasteiger partial charge in [0, 0.05) is 12.0 Å². The zero-order valence-electron chi connectivity index (χ0n) is 13.4. The van der Waals surface area contributed by atoms with Crippen LogP contribution >= 0.6 is 0 Å². The van der Waals surface area contributed by atoms with E-state index in [9.17, 15) is 9.18 Å². The second-order valence-corrected chi connectivity index (χ2v) is 5.87. The van der Waals surface area contributed by atoms with Gasteiger partial charge in [0.15, 0.2) is 5.78 Å². The van der Waals surface area contributed by atoms with Gasteiger partial charge >= 0.3 is 0 Å². The SMILES string of the molecule is CCCCCCCCCCCCC(=O)c1cccc(F)c1. The maximum Gasteiger partial charge on any atom is 0.162 e. The first kappa shape index (κ1) is 17.9. The van der Waals surface area contributed by atoms with E-state index in [1.807, 2.05) is 0 Å². The minimum absolute atomic E-state index is 0.0639. The first-order valence-corrected chi connectivity index (χ1v) is 8.53. The van der Waals surface area contributed by atoms with Crippen LogP contribution in [0.4, 0.5) is 4.39 Å². The summed E-state index contributed by atoms with van der Waals surface area (Å²) in [5.41, 5.74) is 0.505. The molecular weight excluding hydrogens is 263 g/mol. The number of hydrogen-bond acceptors (Lipinski definition) is 1. The normalized spacial score (nSPS) is 10.8. The smallest absolute Gasteiger partial charge is 0.162 e. The quantitative estimate of drug-likeness (QED) is 0.325. The van der Waals surface area contributed by atoms with Crippen LogP contribution in [0.5, 0.6) is 0 Å². The van der Waals surface area contributed by atoms with Gasteiger partial charge in [0.05, 0.1) is 0 Å². The number of carbonyl (C=O) groups is 1. The molecule has 0 aliphatic rings. The van der Waals surface area contributed by atoms with Crippen molar-refractivity contribution in [1.82, 2.24) is 0 Å². The van der Waals surface area contributed by atoms with Gasteiger partial charge in [0.25, 0.3) is 0 Å². The molecule has 0 saturated heterocycles. The Kier molecular flexibility index (Phi) is 9.77. The van der Waals surface area contributed by atoms with Crippen molar-refractivity contribution in [3.8, 4) is 0 Å². The third-order valence-electron chi connectivity index (χ3n) is 3.90. The fourth-order valence-corrected chi connectivity index (χ4v) is 2.58. The summed E-state index contributed by atoms with van der Waals surface area (Å²) in [6.45, 7) is 2.24. The van der Waals surface area contributed by atoms with E-state index in [0.29, 0.717) is 12.0 Å². The summed E-state index contributed by atoms with van der Waals surface area (Å²) in [6.07, 6.45) is 13.1. The van der Waals surface area contributed by atoms with Gasteiger partial charge in [-0.05, 0) is 18.6 Å². The minimum Gasteiger partial charge on any atom is -0.294 e. The molecule has 0 radical (unpaired) electrons. The highest BCUT2D eigenvalue weighted by atomic mass is 19.1. The molecule has 0 N–H and O–H groups in total. The lowest BCUT2D eigenvalue weighted by atomic mass is 10.0. The van der Waals surface area contributed by atoms with Gasteiger partial charge in [0.2, 0.25) is 0 Å². The molecular formula is C19H29FO. The summed E-state index contributed by atoms with van der Waals surface area (Å²) in [5, 5.41) is 0. The number of carbonyl (C=O) groups excluding carboxylic acids is 1. The topological polar surface area (TPSA) is 17.1 Å². The van der Waals surface area contributed by atoms with E-state index < -0.39 is 0 Å². The molecule has 0 aromatic heterocycles. The molecule has 0 saturated carbocycles. The molecule has 0 spiro atoms. The van der Waals surface area contributed by atoms with Crippen LogP contribution in [0.25, 0.3) is 0 Å². The van der Waals surface area contributed by atoms with Crippen LogP contribution in [0.1, 0.15) is 87.9 Å². The van der Waals surface area contributed by atoms with Crippen LogP contribution in [0, 0.1) is 5.82 Å². The molecule has 2 heteroatoms. The Morgan fingerprint density at radius 3 is 2.05 bits per heavy atom. The number of hydrogen-bond donors (Lipinski definition) is 0. The van der Waals surface area contributed by atoms with Crippen molar-refractivity contribution in [1.29, 1.82) is 0 Å². The zero-order valence-corrected chi connectivity index (χ0v) is 13.4. The molecule has 1 nitrogen and oxygen atoms in total. The first-order chi connectivity index (χ1) is 10.2. The molecule has 0 unspecified atom stereocenters. The molecule has 0 atom stereocenters. The van der Waals surface area contributed by atoms with Gasteiger partial charge in [-0.3, -0.25) is 4.79 Å². The highest BCUT2D eigenvalue weighted by molar-refractivity contribution is 5.95. The maximum atomic E-state index is 13.0. The van der Waals surface area contributed by atoms with E-state index in [1.54, 1.807) is 12.1 Å². The predicted molar refractivity (Wildman–Crippen MR) is 87.2 cm³/mol. The fraction of sp³-hybridized carbons (Fsp3) is 0.632. The van der Waals surface area contributed by atoms with Crippen molar-refractivity contribution in [3.63, 3.8) is 0 Å². The Labute approximate surface area is 129 Å². The highest BCUT2D eigenvalue weighted by Gasteiger charge is 2.06. The van der Waals surface area contributed by atoms with Crippen LogP contribution in [0.15, 0.2) is 24.3 Å². The molecule has 0 aliphatic carbocycles. The molecule has 21 heavy (non-hydrogen) atoms. The average molecular weight is 292 g/mol. The van der Waals surface area contributed by atoms with E-state index in [4.69, 9.17) is 0 Å². The third kappa shape index (κ3) is 8.64. The Balaban J connectivity index is 1.98.